The standard InChI is InChI=1S/C24H31N3O8/c1-26-7-6-17(15-26)35-13-11-33-9-8-32-10-12-34-16-2-3-18-19(14-16)24(31)27(23(18)30)20-4-5-21(28)25-22(20)29/h2-3,14,17,20H,4-13,15H2,1H3,(H,25,28,29). The first-order chi connectivity index (χ1) is 16.9. The number of imide groups is 2. The Morgan fingerprint density at radius 1 is 0.914 bits per heavy atom. The molecule has 2 atom stereocenters. The van der Waals surface area contributed by atoms with Crippen molar-refractivity contribution < 1.29 is 38.1 Å². The number of likely N-dealkylation sites (tertiary alicyclic amines) is 1. The predicted molar refractivity (Wildman–Crippen MR) is 122 cm³/mol. The third-order valence-electron chi connectivity index (χ3n) is 6.21. The number of piperidine rings is 1. The molecule has 11 heteroatoms. The summed E-state index contributed by atoms with van der Waals surface area (Å²) >= 11 is 0. The van der Waals surface area contributed by atoms with Gasteiger partial charge in [0, 0.05) is 19.5 Å². The van der Waals surface area contributed by atoms with Crippen LogP contribution >= 0.6 is 0 Å². The summed E-state index contributed by atoms with van der Waals surface area (Å²) in [5, 5.41) is 2.18. The first-order valence-electron chi connectivity index (χ1n) is 11.9. The normalized spacial score (nSPS) is 22.6. The maximum atomic E-state index is 12.8. The summed E-state index contributed by atoms with van der Waals surface area (Å²) in [6, 6.07) is 3.61. The number of hydrogen-bond acceptors (Lipinski definition) is 9. The van der Waals surface area contributed by atoms with Crippen molar-refractivity contribution in [1.82, 2.24) is 15.1 Å². The van der Waals surface area contributed by atoms with Gasteiger partial charge in [-0.15, -0.1) is 0 Å². The van der Waals surface area contributed by atoms with Crippen molar-refractivity contribution in [3.05, 3.63) is 29.3 Å². The van der Waals surface area contributed by atoms with Gasteiger partial charge in [0.1, 0.15) is 18.4 Å². The lowest BCUT2D eigenvalue weighted by molar-refractivity contribution is -0.136. The van der Waals surface area contributed by atoms with E-state index in [1.807, 2.05) is 0 Å². The zero-order chi connectivity index (χ0) is 24.8. The van der Waals surface area contributed by atoms with Crippen molar-refractivity contribution in [1.29, 1.82) is 0 Å². The second kappa shape index (κ2) is 11.7. The summed E-state index contributed by atoms with van der Waals surface area (Å²) in [6.07, 6.45) is 1.55. The van der Waals surface area contributed by atoms with E-state index in [2.05, 4.69) is 17.3 Å². The molecule has 2 unspecified atom stereocenters. The summed E-state index contributed by atoms with van der Waals surface area (Å²) in [6.45, 7) is 4.61. The maximum absolute atomic E-state index is 12.8. The molecule has 3 aliphatic rings. The number of likely N-dealkylation sites (N-methyl/N-ethyl adjacent to an activating group) is 1. The molecular formula is C24H31N3O8. The highest BCUT2D eigenvalue weighted by atomic mass is 16.6. The zero-order valence-electron chi connectivity index (χ0n) is 19.8. The van der Waals surface area contributed by atoms with Crippen LogP contribution in [0.4, 0.5) is 0 Å². The van der Waals surface area contributed by atoms with Gasteiger partial charge < -0.3 is 23.8 Å². The first-order valence-corrected chi connectivity index (χ1v) is 11.9. The molecule has 4 amide bonds. The lowest BCUT2D eigenvalue weighted by Gasteiger charge is -2.27. The maximum Gasteiger partial charge on any atom is 0.262 e. The summed E-state index contributed by atoms with van der Waals surface area (Å²) in [4.78, 5) is 52.2. The Kier molecular flexibility index (Phi) is 8.45. The van der Waals surface area contributed by atoms with E-state index in [-0.39, 0.29) is 30.6 Å². The van der Waals surface area contributed by atoms with Crippen molar-refractivity contribution in [3.8, 4) is 5.75 Å². The highest BCUT2D eigenvalue weighted by Gasteiger charge is 2.44. The van der Waals surface area contributed by atoms with Gasteiger partial charge in [-0.3, -0.25) is 29.4 Å². The SMILES string of the molecule is CN1CCC(OCCOCCOCCOc2ccc3c(c2)C(=O)N(C2CCC(=O)NC2=O)C3=O)C1. The molecule has 0 saturated carbocycles. The molecule has 0 aliphatic carbocycles. The van der Waals surface area contributed by atoms with Crippen LogP contribution in [0.2, 0.25) is 0 Å². The molecule has 3 aliphatic heterocycles. The van der Waals surface area contributed by atoms with Crippen molar-refractivity contribution >= 4 is 23.6 Å². The Morgan fingerprint density at radius 2 is 1.63 bits per heavy atom. The Balaban J connectivity index is 1.13. The van der Waals surface area contributed by atoms with Crippen LogP contribution in [0.1, 0.15) is 40.0 Å². The van der Waals surface area contributed by atoms with Crippen molar-refractivity contribution in [2.75, 3.05) is 59.8 Å². The highest BCUT2D eigenvalue weighted by molar-refractivity contribution is 6.23. The Bertz CT molecular complexity index is 968. The van der Waals surface area contributed by atoms with E-state index in [0.717, 1.165) is 24.4 Å². The number of nitrogens with zero attached hydrogens (tertiary/aromatic N) is 2. The molecule has 190 valence electrons. The lowest BCUT2D eigenvalue weighted by atomic mass is 10.0. The third-order valence-corrected chi connectivity index (χ3v) is 6.21. The molecule has 3 heterocycles. The van der Waals surface area contributed by atoms with E-state index >= 15 is 0 Å². The summed E-state index contributed by atoms with van der Waals surface area (Å²) in [5.74, 6) is -1.74. The summed E-state index contributed by atoms with van der Waals surface area (Å²) in [5.41, 5.74) is 0.391. The van der Waals surface area contributed by atoms with E-state index in [1.54, 1.807) is 6.07 Å². The van der Waals surface area contributed by atoms with Crippen LogP contribution in [-0.2, 0) is 23.8 Å². The molecule has 2 fully saturated rings. The van der Waals surface area contributed by atoms with Crippen LogP contribution < -0.4 is 10.1 Å². The summed E-state index contributed by atoms with van der Waals surface area (Å²) < 4.78 is 22.4. The number of hydrogen-bond donors (Lipinski definition) is 1. The molecule has 0 aromatic heterocycles. The molecular weight excluding hydrogens is 458 g/mol. The fourth-order valence-corrected chi connectivity index (χ4v) is 4.38. The second-order valence-corrected chi connectivity index (χ2v) is 8.77. The van der Waals surface area contributed by atoms with E-state index < -0.39 is 29.7 Å². The number of fused-ring (bicyclic) bond motifs is 1. The van der Waals surface area contributed by atoms with Crippen molar-refractivity contribution in [2.45, 2.75) is 31.4 Å². The average Bonchev–Trinajstić information content (AvgIpc) is 3.36. The number of carbonyl (C=O) groups excluding carboxylic acids is 4. The van der Waals surface area contributed by atoms with Crippen molar-refractivity contribution in [2.24, 2.45) is 0 Å². The Labute approximate surface area is 203 Å². The number of nitrogens with one attached hydrogen (secondary N) is 1. The van der Waals surface area contributed by atoms with Crippen LogP contribution in [0.25, 0.3) is 0 Å². The van der Waals surface area contributed by atoms with E-state index in [4.69, 9.17) is 18.9 Å². The molecule has 0 radical (unpaired) electrons. The third kappa shape index (κ3) is 6.23. The minimum absolute atomic E-state index is 0.0786. The van der Waals surface area contributed by atoms with Crippen LogP contribution in [0, 0.1) is 0 Å². The van der Waals surface area contributed by atoms with Gasteiger partial charge in [-0.1, -0.05) is 0 Å². The van der Waals surface area contributed by atoms with Gasteiger partial charge in [0.25, 0.3) is 11.8 Å². The first kappa shape index (κ1) is 25.2. The van der Waals surface area contributed by atoms with Gasteiger partial charge in [0.05, 0.1) is 50.3 Å². The van der Waals surface area contributed by atoms with Crippen molar-refractivity contribution in [3.63, 3.8) is 0 Å². The molecule has 1 aromatic rings. The fraction of sp³-hybridized carbons (Fsp3) is 0.583. The smallest absolute Gasteiger partial charge is 0.262 e. The molecule has 1 N–H and O–H groups in total. The molecule has 0 bridgehead atoms. The van der Waals surface area contributed by atoms with Crippen LogP contribution in [0.3, 0.4) is 0 Å². The zero-order valence-corrected chi connectivity index (χ0v) is 19.8. The number of ether oxygens (including phenoxy) is 4. The van der Waals surface area contributed by atoms with Gasteiger partial charge in [0.15, 0.2) is 0 Å². The molecule has 2 saturated heterocycles. The highest BCUT2D eigenvalue weighted by Crippen LogP contribution is 2.30. The summed E-state index contributed by atoms with van der Waals surface area (Å²) in [7, 11) is 2.09. The topological polar surface area (TPSA) is 124 Å². The van der Waals surface area contributed by atoms with Gasteiger partial charge in [0.2, 0.25) is 11.8 Å². The monoisotopic (exact) mass is 489 g/mol. The van der Waals surface area contributed by atoms with Gasteiger partial charge in [-0.05, 0) is 38.1 Å². The Morgan fingerprint density at radius 3 is 2.34 bits per heavy atom. The van der Waals surface area contributed by atoms with Crippen LogP contribution in [0.5, 0.6) is 5.75 Å². The minimum Gasteiger partial charge on any atom is -0.491 e. The molecule has 35 heavy (non-hydrogen) atoms. The van der Waals surface area contributed by atoms with Gasteiger partial charge in [-0.25, -0.2) is 0 Å². The van der Waals surface area contributed by atoms with E-state index in [9.17, 15) is 19.2 Å². The van der Waals surface area contributed by atoms with Gasteiger partial charge in [-0.2, -0.15) is 0 Å². The fourth-order valence-electron chi connectivity index (χ4n) is 4.38. The predicted octanol–water partition coefficient (Wildman–Crippen LogP) is 0.221. The molecule has 1 aromatic carbocycles. The Hall–Kier alpha value is -2.86. The molecule has 0 spiro atoms. The number of rotatable bonds is 12. The van der Waals surface area contributed by atoms with Crippen LogP contribution in [-0.4, -0.2) is 105 Å². The molecule has 4 rings (SSSR count). The van der Waals surface area contributed by atoms with E-state index in [0.29, 0.717) is 44.9 Å². The quantitative estimate of drug-likeness (QED) is 0.324. The lowest BCUT2D eigenvalue weighted by Crippen LogP contribution is -2.54. The second-order valence-electron chi connectivity index (χ2n) is 8.77. The average molecular weight is 490 g/mol. The molecule has 11 nitrogen and oxygen atoms in total. The minimum atomic E-state index is -0.990. The largest absolute Gasteiger partial charge is 0.491 e. The number of carbonyl (C=O) groups is 4. The number of amides is 4. The number of benzene rings is 1. The van der Waals surface area contributed by atoms with E-state index in [1.165, 1.54) is 12.1 Å². The van der Waals surface area contributed by atoms with Gasteiger partial charge >= 0.3 is 0 Å². The van der Waals surface area contributed by atoms with Crippen LogP contribution in [0.15, 0.2) is 18.2 Å².